The quantitative estimate of drug-likeness (QED) is 0.523. The van der Waals surface area contributed by atoms with E-state index in [1.165, 1.54) is 0 Å². The number of carbonyl (C=O) groups excluding carboxylic acids is 1. The van der Waals surface area contributed by atoms with E-state index in [-0.39, 0.29) is 5.71 Å². The lowest BCUT2D eigenvalue weighted by Crippen LogP contribution is -2.14. The highest BCUT2D eigenvalue weighted by atomic mass is 16.1. The molecule has 0 atom stereocenters. The van der Waals surface area contributed by atoms with E-state index in [0.717, 1.165) is 11.3 Å². The summed E-state index contributed by atoms with van der Waals surface area (Å²) in [7, 11) is 0. The summed E-state index contributed by atoms with van der Waals surface area (Å²) in [5.74, 6) is -0.396. The van der Waals surface area contributed by atoms with Gasteiger partial charge in [-0.05, 0) is 19.1 Å². The fourth-order valence-corrected chi connectivity index (χ4v) is 1.60. The average Bonchev–Trinajstić information content (AvgIpc) is 2.50. The number of Topliss-reactive ketones (excluding diaryl/α,β-unsaturated/α-hetero) is 1. The zero-order chi connectivity index (χ0) is 14.4. The second-order valence-electron chi connectivity index (χ2n) is 4.25. The molecule has 0 saturated carbocycles. The lowest BCUT2D eigenvalue weighted by Gasteiger charge is -2.02. The van der Waals surface area contributed by atoms with Crippen molar-refractivity contribution in [3.63, 3.8) is 0 Å². The summed E-state index contributed by atoms with van der Waals surface area (Å²) in [5.41, 5.74) is 4.84. The van der Waals surface area contributed by atoms with Crippen LogP contribution in [0.1, 0.15) is 15.9 Å². The summed E-state index contributed by atoms with van der Waals surface area (Å²) < 4.78 is 0. The molecular formula is C16H13N3O. The van der Waals surface area contributed by atoms with Gasteiger partial charge in [0.05, 0.1) is 5.69 Å². The van der Waals surface area contributed by atoms with Gasteiger partial charge in [0, 0.05) is 5.56 Å². The van der Waals surface area contributed by atoms with Gasteiger partial charge in [0.2, 0.25) is 11.5 Å². The molecule has 4 heteroatoms. The first-order valence-corrected chi connectivity index (χ1v) is 6.11. The van der Waals surface area contributed by atoms with Gasteiger partial charge in [0.25, 0.3) is 0 Å². The molecule has 0 heterocycles. The predicted octanol–water partition coefficient (Wildman–Crippen LogP) is 3.17. The summed E-state index contributed by atoms with van der Waals surface area (Å²) in [6.45, 7) is 1.98. The minimum atomic E-state index is -0.396. The Morgan fingerprint density at radius 3 is 2.35 bits per heavy atom. The second-order valence-corrected chi connectivity index (χ2v) is 4.25. The van der Waals surface area contributed by atoms with E-state index in [0.29, 0.717) is 5.56 Å². The lowest BCUT2D eigenvalue weighted by molar-refractivity contribution is 0.106. The number of nitrogens with one attached hydrogen (secondary N) is 1. The first kappa shape index (κ1) is 13.5. The van der Waals surface area contributed by atoms with Gasteiger partial charge in [-0.2, -0.15) is 10.4 Å². The van der Waals surface area contributed by atoms with E-state index in [4.69, 9.17) is 5.26 Å². The van der Waals surface area contributed by atoms with Crippen LogP contribution in [0.4, 0.5) is 5.69 Å². The third kappa shape index (κ3) is 3.30. The largest absolute Gasteiger partial charge is 0.286 e. The molecule has 1 N–H and O–H groups in total. The third-order valence-electron chi connectivity index (χ3n) is 2.71. The molecular weight excluding hydrogens is 250 g/mol. The zero-order valence-corrected chi connectivity index (χ0v) is 11.0. The number of aryl methyl sites for hydroxylation is 1. The van der Waals surface area contributed by atoms with Crippen LogP contribution in [0.25, 0.3) is 0 Å². The molecule has 2 aromatic rings. The average molecular weight is 263 g/mol. The van der Waals surface area contributed by atoms with E-state index in [2.05, 4.69) is 10.5 Å². The first-order chi connectivity index (χ1) is 9.70. The van der Waals surface area contributed by atoms with E-state index < -0.39 is 5.78 Å². The number of hydrogen-bond acceptors (Lipinski definition) is 4. The number of carbonyl (C=O) groups is 1. The van der Waals surface area contributed by atoms with Crippen molar-refractivity contribution in [1.29, 1.82) is 5.26 Å². The fraction of sp³-hybridized carbons (Fsp3) is 0.0625. The molecule has 0 aliphatic heterocycles. The molecule has 0 aromatic heterocycles. The van der Waals surface area contributed by atoms with Gasteiger partial charge in [-0.25, -0.2) is 0 Å². The Bertz CT molecular complexity index is 667. The molecule has 20 heavy (non-hydrogen) atoms. The highest BCUT2D eigenvalue weighted by Gasteiger charge is 2.13. The molecule has 0 aliphatic rings. The number of nitriles is 1. The van der Waals surface area contributed by atoms with Crippen molar-refractivity contribution in [2.24, 2.45) is 5.10 Å². The third-order valence-corrected chi connectivity index (χ3v) is 2.71. The van der Waals surface area contributed by atoms with Crippen LogP contribution in [0.5, 0.6) is 0 Å². The highest BCUT2D eigenvalue weighted by Crippen LogP contribution is 2.09. The lowest BCUT2D eigenvalue weighted by atomic mass is 10.1. The summed E-state index contributed by atoms with van der Waals surface area (Å²) >= 11 is 0. The molecule has 0 radical (unpaired) electrons. The molecule has 0 saturated heterocycles. The van der Waals surface area contributed by atoms with Crippen LogP contribution in [0.2, 0.25) is 0 Å². The maximum absolute atomic E-state index is 12.1. The molecule has 0 bridgehead atoms. The minimum absolute atomic E-state index is 0.170. The molecule has 4 nitrogen and oxygen atoms in total. The molecule has 0 amide bonds. The van der Waals surface area contributed by atoms with Crippen molar-refractivity contribution < 1.29 is 4.79 Å². The number of ketones is 1. The van der Waals surface area contributed by atoms with Crippen molar-refractivity contribution in [1.82, 2.24) is 0 Å². The van der Waals surface area contributed by atoms with Crippen molar-refractivity contribution in [2.75, 3.05) is 5.43 Å². The summed E-state index contributed by atoms with van der Waals surface area (Å²) in [5, 5.41) is 12.9. The number of hydrogen-bond donors (Lipinski definition) is 1. The normalized spacial score (nSPS) is 10.7. The predicted molar refractivity (Wildman–Crippen MR) is 78.6 cm³/mol. The minimum Gasteiger partial charge on any atom is -0.286 e. The standard InChI is InChI=1S/C16H13N3O/c1-12-7-9-14(10-8-12)18-19-15(11-17)16(20)13-5-3-2-4-6-13/h2-10,18H,1H3/b19-15-. The molecule has 2 aromatic carbocycles. The van der Waals surface area contributed by atoms with Gasteiger partial charge in [-0.3, -0.25) is 10.2 Å². The fourth-order valence-electron chi connectivity index (χ4n) is 1.60. The van der Waals surface area contributed by atoms with Crippen molar-refractivity contribution in [2.45, 2.75) is 6.92 Å². The van der Waals surface area contributed by atoms with Crippen LogP contribution in [0.15, 0.2) is 59.7 Å². The number of anilines is 1. The maximum Gasteiger partial charge on any atom is 0.223 e. The van der Waals surface area contributed by atoms with E-state index in [1.54, 1.807) is 24.3 Å². The first-order valence-electron chi connectivity index (χ1n) is 6.11. The smallest absolute Gasteiger partial charge is 0.223 e. The molecule has 0 aliphatic carbocycles. The SMILES string of the molecule is Cc1ccc(N/N=C(/C#N)C(=O)c2ccccc2)cc1. The van der Waals surface area contributed by atoms with Crippen LogP contribution in [0.3, 0.4) is 0 Å². The Morgan fingerprint density at radius 1 is 1.10 bits per heavy atom. The van der Waals surface area contributed by atoms with E-state index in [1.807, 2.05) is 43.3 Å². The van der Waals surface area contributed by atoms with Crippen LogP contribution in [-0.4, -0.2) is 11.5 Å². The van der Waals surface area contributed by atoms with Crippen LogP contribution in [0, 0.1) is 18.3 Å². The molecule has 0 fully saturated rings. The topological polar surface area (TPSA) is 65.2 Å². The molecule has 2 rings (SSSR count). The molecule has 0 unspecified atom stereocenters. The monoisotopic (exact) mass is 263 g/mol. The number of benzene rings is 2. The number of nitrogens with zero attached hydrogens (tertiary/aromatic N) is 2. The Kier molecular flexibility index (Phi) is 4.25. The summed E-state index contributed by atoms with van der Waals surface area (Å²) in [4.78, 5) is 12.1. The van der Waals surface area contributed by atoms with Crippen LogP contribution in [-0.2, 0) is 0 Å². The summed E-state index contributed by atoms with van der Waals surface area (Å²) in [6.07, 6.45) is 0. The van der Waals surface area contributed by atoms with Gasteiger partial charge < -0.3 is 0 Å². The zero-order valence-electron chi connectivity index (χ0n) is 11.0. The Hall–Kier alpha value is -2.93. The van der Waals surface area contributed by atoms with E-state index in [9.17, 15) is 4.79 Å². The van der Waals surface area contributed by atoms with Gasteiger partial charge in [0.15, 0.2) is 0 Å². The Balaban J connectivity index is 2.16. The second kappa shape index (κ2) is 6.30. The maximum atomic E-state index is 12.1. The number of rotatable bonds is 4. The number of hydrazone groups is 1. The summed E-state index contributed by atoms with van der Waals surface area (Å²) in [6, 6.07) is 17.9. The van der Waals surface area contributed by atoms with Crippen LogP contribution >= 0.6 is 0 Å². The van der Waals surface area contributed by atoms with Crippen molar-refractivity contribution in [3.8, 4) is 6.07 Å². The molecule has 0 spiro atoms. The highest BCUT2D eigenvalue weighted by molar-refractivity contribution is 6.51. The Labute approximate surface area is 117 Å². The molecule has 98 valence electrons. The van der Waals surface area contributed by atoms with Gasteiger partial charge in [-0.15, -0.1) is 0 Å². The van der Waals surface area contributed by atoms with Gasteiger partial charge in [0.1, 0.15) is 6.07 Å². The Morgan fingerprint density at radius 2 is 1.75 bits per heavy atom. The van der Waals surface area contributed by atoms with Gasteiger partial charge >= 0.3 is 0 Å². The van der Waals surface area contributed by atoms with Crippen molar-refractivity contribution >= 4 is 17.2 Å². The van der Waals surface area contributed by atoms with E-state index >= 15 is 0 Å². The van der Waals surface area contributed by atoms with Crippen molar-refractivity contribution in [3.05, 3.63) is 65.7 Å². The van der Waals surface area contributed by atoms with Gasteiger partial charge in [-0.1, -0.05) is 48.0 Å². The van der Waals surface area contributed by atoms with Crippen LogP contribution < -0.4 is 5.43 Å².